The van der Waals surface area contributed by atoms with E-state index in [1.54, 1.807) is 24.3 Å². The molecule has 2 N–H and O–H groups in total. The van der Waals surface area contributed by atoms with Crippen molar-refractivity contribution in [3.05, 3.63) is 54.3 Å². The van der Waals surface area contributed by atoms with Gasteiger partial charge in [-0.1, -0.05) is 12.1 Å². The number of nitrogens with two attached hydrogens (primary N) is 1. The lowest BCUT2D eigenvalue weighted by Crippen LogP contribution is -2.11. The topological polar surface area (TPSA) is 26.0 Å². The molecule has 2 aromatic rings. The average molecular weight is 379 g/mol. The zero-order valence-electron chi connectivity index (χ0n) is 9.01. The van der Waals surface area contributed by atoms with Gasteiger partial charge in [0.15, 0.2) is 0 Å². The standard InChI is InChI=1S/C12H10Br2FNS/c1-6-2-3-7(4-9(6)15)11(16)8-5-10(13)17-12(8)14/h2-5,11H,16H2,1H3. The molecule has 0 aliphatic carbocycles. The van der Waals surface area contributed by atoms with Crippen molar-refractivity contribution in [1.82, 2.24) is 0 Å². The van der Waals surface area contributed by atoms with Gasteiger partial charge in [-0.15, -0.1) is 11.3 Å². The van der Waals surface area contributed by atoms with Crippen molar-refractivity contribution < 1.29 is 4.39 Å². The molecule has 0 spiro atoms. The Morgan fingerprint density at radius 2 is 2.00 bits per heavy atom. The van der Waals surface area contributed by atoms with Gasteiger partial charge in [-0.2, -0.15) is 0 Å². The third-order valence-electron chi connectivity index (χ3n) is 2.57. The van der Waals surface area contributed by atoms with E-state index in [9.17, 15) is 4.39 Å². The van der Waals surface area contributed by atoms with Crippen LogP contribution in [0.25, 0.3) is 0 Å². The van der Waals surface area contributed by atoms with Gasteiger partial charge in [0, 0.05) is 0 Å². The summed E-state index contributed by atoms with van der Waals surface area (Å²) in [6.45, 7) is 1.74. The number of hydrogen-bond acceptors (Lipinski definition) is 2. The molecule has 1 aromatic heterocycles. The van der Waals surface area contributed by atoms with Crippen LogP contribution in [-0.2, 0) is 0 Å². The van der Waals surface area contributed by atoms with Crippen LogP contribution in [0.5, 0.6) is 0 Å². The molecule has 2 rings (SSSR count). The number of halogens is 3. The van der Waals surface area contributed by atoms with E-state index in [2.05, 4.69) is 31.9 Å². The van der Waals surface area contributed by atoms with Gasteiger partial charge in [-0.3, -0.25) is 0 Å². The third kappa shape index (κ3) is 2.78. The highest BCUT2D eigenvalue weighted by Gasteiger charge is 2.16. The largest absolute Gasteiger partial charge is 0.320 e. The van der Waals surface area contributed by atoms with Gasteiger partial charge in [0.05, 0.1) is 13.6 Å². The maximum Gasteiger partial charge on any atom is 0.126 e. The molecule has 0 radical (unpaired) electrons. The van der Waals surface area contributed by atoms with Crippen molar-refractivity contribution in [1.29, 1.82) is 0 Å². The summed E-state index contributed by atoms with van der Waals surface area (Å²) in [6, 6.07) is 6.75. The monoisotopic (exact) mass is 377 g/mol. The van der Waals surface area contributed by atoms with E-state index in [4.69, 9.17) is 5.73 Å². The second-order valence-corrected chi connectivity index (χ2v) is 7.52. The molecule has 17 heavy (non-hydrogen) atoms. The fraction of sp³-hybridized carbons (Fsp3) is 0.167. The summed E-state index contributed by atoms with van der Waals surface area (Å²) in [5.74, 6) is -0.219. The molecule has 0 bridgehead atoms. The van der Waals surface area contributed by atoms with Crippen LogP contribution in [0.4, 0.5) is 4.39 Å². The van der Waals surface area contributed by atoms with Crippen molar-refractivity contribution in [3.63, 3.8) is 0 Å². The molecular formula is C12H10Br2FNS. The minimum Gasteiger partial charge on any atom is -0.320 e. The molecular weight excluding hydrogens is 369 g/mol. The van der Waals surface area contributed by atoms with Crippen LogP contribution in [-0.4, -0.2) is 0 Å². The number of rotatable bonds is 2. The van der Waals surface area contributed by atoms with Gasteiger partial charge in [0.25, 0.3) is 0 Å². The maximum absolute atomic E-state index is 13.5. The van der Waals surface area contributed by atoms with E-state index >= 15 is 0 Å². The Balaban J connectivity index is 2.40. The molecule has 90 valence electrons. The first kappa shape index (κ1) is 13.2. The Morgan fingerprint density at radius 1 is 1.29 bits per heavy atom. The van der Waals surface area contributed by atoms with Crippen LogP contribution < -0.4 is 5.73 Å². The van der Waals surface area contributed by atoms with Crippen molar-refractivity contribution >= 4 is 43.2 Å². The fourth-order valence-electron chi connectivity index (χ4n) is 1.55. The molecule has 0 saturated heterocycles. The van der Waals surface area contributed by atoms with Gasteiger partial charge in [0.1, 0.15) is 5.82 Å². The first-order valence-corrected chi connectivity index (χ1v) is 7.35. The second kappa shape index (κ2) is 5.18. The quantitative estimate of drug-likeness (QED) is 0.800. The lowest BCUT2D eigenvalue weighted by Gasteiger charge is -2.12. The summed E-state index contributed by atoms with van der Waals surface area (Å²) < 4.78 is 15.5. The van der Waals surface area contributed by atoms with Crippen LogP contribution in [0.3, 0.4) is 0 Å². The molecule has 1 nitrogen and oxygen atoms in total. The summed E-state index contributed by atoms with van der Waals surface area (Å²) in [5.41, 5.74) is 8.51. The highest BCUT2D eigenvalue weighted by Crippen LogP contribution is 2.37. The van der Waals surface area contributed by atoms with Crippen LogP contribution in [0.1, 0.15) is 22.7 Å². The first-order chi connectivity index (χ1) is 7.99. The minimum atomic E-state index is -0.318. The van der Waals surface area contributed by atoms with E-state index in [1.807, 2.05) is 12.1 Å². The van der Waals surface area contributed by atoms with Crippen molar-refractivity contribution in [2.24, 2.45) is 5.73 Å². The van der Waals surface area contributed by atoms with Crippen molar-refractivity contribution in [2.75, 3.05) is 0 Å². The minimum absolute atomic E-state index is 0.219. The summed E-state index contributed by atoms with van der Waals surface area (Å²) in [4.78, 5) is 0. The second-order valence-electron chi connectivity index (χ2n) is 3.77. The molecule has 0 aliphatic rings. The normalized spacial score (nSPS) is 12.8. The lowest BCUT2D eigenvalue weighted by molar-refractivity contribution is 0.614. The van der Waals surface area contributed by atoms with Crippen LogP contribution in [0, 0.1) is 12.7 Å². The highest BCUT2D eigenvalue weighted by molar-refractivity contribution is 9.12. The van der Waals surface area contributed by atoms with Crippen LogP contribution in [0.15, 0.2) is 31.8 Å². The molecule has 1 atom stereocenters. The van der Waals surface area contributed by atoms with E-state index in [-0.39, 0.29) is 11.9 Å². The van der Waals surface area contributed by atoms with Gasteiger partial charge >= 0.3 is 0 Å². The molecule has 1 heterocycles. The zero-order chi connectivity index (χ0) is 12.6. The van der Waals surface area contributed by atoms with Crippen LogP contribution >= 0.6 is 43.2 Å². The lowest BCUT2D eigenvalue weighted by atomic mass is 10.0. The molecule has 1 unspecified atom stereocenters. The maximum atomic E-state index is 13.5. The Morgan fingerprint density at radius 3 is 2.53 bits per heavy atom. The molecule has 1 aromatic carbocycles. The molecule has 5 heteroatoms. The number of thiophene rings is 1. The highest BCUT2D eigenvalue weighted by atomic mass is 79.9. The van der Waals surface area contributed by atoms with Gasteiger partial charge in [-0.25, -0.2) is 4.39 Å². The summed E-state index contributed by atoms with van der Waals surface area (Å²) in [6.07, 6.45) is 0. The number of hydrogen-bond donors (Lipinski definition) is 1. The van der Waals surface area contributed by atoms with E-state index < -0.39 is 0 Å². The average Bonchev–Trinajstić information content (AvgIpc) is 2.61. The Bertz CT molecular complexity index is 553. The Hall–Kier alpha value is -0.230. The Kier molecular flexibility index (Phi) is 4.02. The SMILES string of the molecule is Cc1ccc(C(N)c2cc(Br)sc2Br)cc1F. The number of aryl methyl sites for hydroxylation is 1. The predicted molar refractivity (Wildman–Crippen MR) is 76.9 cm³/mol. The molecule has 0 aliphatic heterocycles. The Labute approximate surface area is 120 Å². The summed E-state index contributed by atoms with van der Waals surface area (Å²) in [5, 5.41) is 0. The van der Waals surface area contributed by atoms with Gasteiger partial charge in [0.2, 0.25) is 0 Å². The van der Waals surface area contributed by atoms with E-state index in [0.29, 0.717) is 5.56 Å². The van der Waals surface area contributed by atoms with E-state index in [1.165, 1.54) is 6.07 Å². The number of benzene rings is 1. The summed E-state index contributed by atoms with van der Waals surface area (Å²) >= 11 is 8.43. The van der Waals surface area contributed by atoms with Crippen LogP contribution in [0.2, 0.25) is 0 Å². The molecule has 0 amide bonds. The fourth-order valence-corrected chi connectivity index (χ4v) is 4.48. The summed E-state index contributed by atoms with van der Waals surface area (Å²) in [7, 11) is 0. The molecule has 0 saturated carbocycles. The van der Waals surface area contributed by atoms with E-state index in [0.717, 1.165) is 18.7 Å². The predicted octanol–water partition coefficient (Wildman–Crippen LogP) is 4.77. The molecule has 0 fully saturated rings. The van der Waals surface area contributed by atoms with Gasteiger partial charge in [-0.05, 0) is 67.6 Å². The van der Waals surface area contributed by atoms with Crippen molar-refractivity contribution in [2.45, 2.75) is 13.0 Å². The van der Waals surface area contributed by atoms with Crippen molar-refractivity contribution in [3.8, 4) is 0 Å². The zero-order valence-corrected chi connectivity index (χ0v) is 13.0. The van der Waals surface area contributed by atoms with Gasteiger partial charge < -0.3 is 5.73 Å². The third-order valence-corrected chi connectivity index (χ3v) is 4.96. The first-order valence-electron chi connectivity index (χ1n) is 4.95. The smallest absolute Gasteiger partial charge is 0.126 e.